The van der Waals surface area contributed by atoms with E-state index in [0.717, 1.165) is 30.3 Å². The number of carboxylic acid groups (broad SMARTS) is 1. The lowest BCUT2D eigenvalue weighted by atomic mass is 10.1. The van der Waals surface area contributed by atoms with Crippen molar-refractivity contribution >= 4 is 5.97 Å². The first-order valence-corrected chi connectivity index (χ1v) is 11.7. The Morgan fingerprint density at radius 2 is 1.81 bits per heavy atom. The number of nitrogens with zero attached hydrogens (tertiary/aromatic N) is 1. The Hall–Kier alpha value is -3.95. The van der Waals surface area contributed by atoms with Crippen LogP contribution in [0.15, 0.2) is 54.7 Å². The van der Waals surface area contributed by atoms with Gasteiger partial charge in [-0.05, 0) is 43.0 Å². The highest BCUT2D eigenvalue weighted by Crippen LogP contribution is 2.33. The number of halogens is 3. The van der Waals surface area contributed by atoms with Crippen LogP contribution in [-0.4, -0.2) is 36.4 Å². The number of aliphatic carboxylic acids is 1. The topological polar surface area (TPSA) is 87.1 Å². The van der Waals surface area contributed by atoms with E-state index in [1.165, 1.54) is 7.11 Å². The highest BCUT2D eigenvalue weighted by atomic mass is 19.4. The van der Waals surface area contributed by atoms with Crippen molar-refractivity contribution < 1.29 is 42.0 Å². The van der Waals surface area contributed by atoms with Crippen LogP contribution in [0.25, 0.3) is 0 Å². The molecule has 1 aromatic heterocycles. The summed E-state index contributed by atoms with van der Waals surface area (Å²) in [6.07, 6.45) is -1.94. The third-order valence-corrected chi connectivity index (χ3v) is 5.25. The number of ether oxygens (including phenoxy) is 4. The Bertz CT molecular complexity index is 1180. The molecule has 1 N–H and O–H groups in total. The zero-order valence-corrected chi connectivity index (χ0v) is 20.5. The SMILES string of the molecule is CCCOc1cc(Oc2ccc(C(F)(F)F)cn2)ccc1CCCOc1c(CC(=O)O)cccc1OC. The molecule has 0 amide bonds. The number of rotatable bonds is 13. The molecule has 0 aliphatic carbocycles. The zero-order chi connectivity index (χ0) is 26.8. The molecule has 10 heteroatoms. The second-order valence-corrected chi connectivity index (χ2v) is 8.07. The molecular weight excluding hydrogens is 491 g/mol. The van der Waals surface area contributed by atoms with E-state index in [0.29, 0.717) is 54.6 Å². The van der Waals surface area contributed by atoms with E-state index in [-0.39, 0.29) is 12.3 Å². The van der Waals surface area contributed by atoms with E-state index >= 15 is 0 Å². The highest BCUT2D eigenvalue weighted by molar-refractivity contribution is 5.72. The summed E-state index contributed by atoms with van der Waals surface area (Å²) in [6.45, 7) is 2.77. The second kappa shape index (κ2) is 12.8. The van der Waals surface area contributed by atoms with Gasteiger partial charge in [0.25, 0.3) is 0 Å². The van der Waals surface area contributed by atoms with Gasteiger partial charge < -0.3 is 24.1 Å². The molecule has 0 radical (unpaired) electrons. The summed E-state index contributed by atoms with van der Waals surface area (Å²) in [7, 11) is 1.49. The summed E-state index contributed by atoms with van der Waals surface area (Å²) in [5.74, 6) is 0.904. The Morgan fingerprint density at radius 3 is 2.46 bits per heavy atom. The molecule has 2 aromatic carbocycles. The Labute approximate surface area is 212 Å². The van der Waals surface area contributed by atoms with Crippen LogP contribution in [0, 0.1) is 0 Å². The molecular formula is C27H28F3NO6. The summed E-state index contributed by atoms with van der Waals surface area (Å²) < 4.78 is 61.0. The minimum Gasteiger partial charge on any atom is -0.493 e. The predicted octanol–water partition coefficient (Wildman–Crippen LogP) is 6.33. The molecule has 0 saturated carbocycles. The Kier molecular flexibility index (Phi) is 9.59. The van der Waals surface area contributed by atoms with Gasteiger partial charge in [0.2, 0.25) is 5.88 Å². The first-order chi connectivity index (χ1) is 17.7. The molecule has 0 unspecified atom stereocenters. The quantitative estimate of drug-likeness (QED) is 0.264. The maximum atomic E-state index is 12.8. The van der Waals surface area contributed by atoms with E-state index in [9.17, 15) is 18.0 Å². The van der Waals surface area contributed by atoms with E-state index in [1.54, 1.807) is 30.3 Å². The number of carboxylic acids is 1. The highest BCUT2D eigenvalue weighted by Gasteiger charge is 2.30. The van der Waals surface area contributed by atoms with E-state index in [1.807, 2.05) is 13.0 Å². The molecule has 0 bridgehead atoms. The third kappa shape index (κ3) is 8.03. The molecule has 3 aromatic rings. The van der Waals surface area contributed by atoms with Gasteiger partial charge in [-0.15, -0.1) is 0 Å². The van der Waals surface area contributed by atoms with Gasteiger partial charge in [0.15, 0.2) is 11.5 Å². The van der Waals surface area contributed by atoms with Gasteiger partial charge in [0.1, 0.15) is 11.5 Å². The molecule has 0 spiro atoms. The van der Waals surface area contributed by atoms with Crippen LogP contribution >= 0.6 is 0 Å². The van der Waals surface area contributed by atoms with Gasteiger partial charge in [-0.1, -0.05) is 25.1 Å². The number of benzene rings is 2. The number of hydrogen-bond donors (Lipinski definition) is 1. The number of methoxy groups -OCH3 is 1. The van der Waals surface area contributed by atoms with Crippen LogP contribution in [-0.2, 0) is 23.8 Å². The van der Waals surface area contributed by atoms with Crippen LogP contribution in [0.1, 0.15) is 36.5 Å². The number of para-hydroxylation sites is 1. The average molecular weight is 520 g/mol. The fourth-order valence-corrected chi connectivity index (χ4v) is 3.51. The Balaban J connectivity index is 1.67. The molecule has 7 nitrogen and oxygen atoms in total. The standard InChI is InChI=1S/C27H28F3NO6/c1-3-13-35-23-16-21(37-24-12-10-20(17-31-24)27(28,29)30)11-9-18(23)7-5-14-36-26-19(15-25(32)33)6-4-8-22(26)34-2/h4,6,8-12,16-17H,3,5,7,13-15H2,1-2H3,(H,32,33). The lowest BCUT2D eigenvalue weighted by Gasteiger charge is -2.16. The molecule has 0 aliphatic heterocycles. The largest absolute Gasteiger partial charge is 0.493 e. The van der Waals surface area contributed by atoms with Crippen LogP contribution in [0.3, 0.4) is 0 Å². The number of alkyl halides is 3. The van der Waals surface area contributed by atoms with Crippen molar-refractivity contribution in [3.8, 4) is 28.9 Å². The molecule has 37 heavy (non-hydrogen) atoms. The molecule has 0 saturated heterocycles. The van der Waals surface area contributed by atoms with E-state index in [2.05, 4.69) is 4.98 Å². The number of carbonyl (C=O) groups is 1. The third-order valence-electron chi connectivity index (χ3n) is 5.25. The summed E-state index contributed by atoms with van der Waals surface area (Å²) in [4.78, 5) is 14.9. The molecule has 3 rings (SSSR count). The van der Waals surface area contributed by atoms with Crippen molar-refractivity contribution in [1.29, 1.82) is 0 Å². The molecule has 0 atom stereocenters. The molecule has 1 heterocycles. The predicted molar refractivity (Wildman–Crippen MR) is 130 cm³/mol. The number of hydrogen-bond acceptors (Lipinski definition) is 6. The monoisotopic (exact) mass is 519 g/mol. The maximum absolute atomic E-state index is 12.8. The fourth-order valence-electron chi connectivity index (χ4n) is 3.51. The van der Waals surface area contributed by atoms with Crippen LogP contribution in [0.2, 0.25) is 0 Å². The molecule has 0 fully saturated rings. The summed E-state index contributed by atoms with van der Waals surface area (Å²) in [5, 5.41) is 9.17. The fraction of sp³-hybridized carbons (Fsp3) is 0.333. The minimum absolute atomic E-state index is 0.0320. The normalized spacial score (nSPS) is 11.2. The van der Waals surface area contributed by atoms with Crippen molar-refractivity contribution in [2.45, 2.75) is 38.8 Å². The summed E-state index contributed by atoms with van der Waals surface area (Å²) in [6, 6.07) is 12.4. The van der Waals surface area contributed by atoms with Gasteiger partial charge >= 0.3 is 12.1 Å². The Morgan fingerprint density at radius 1 is 1.00 bits per heavy atom. The molecule has 198 valence electrons. The van der Waals surface area contributed by atoms with Crippen LogP contribution < -0.4 is 18.9 Å². The summed E-state index contributed by atoms with van der Waals surface area (Å²) >= 11 is 0. The second-order valence-electron chi connectivity index (χ2n) is 8.07. The van der Waals surface area contributed by atoms with Gasteiger partial charge in [0.05, 0.1) is 32.3 Å². The minimum atomic E-state index is -4.47. The van der Waals surface area contributed by atoms with Crippen LogP contribution in [0.5, 0.6) is 28.9 Å². The lowest BCUT2D eigenvalue weighted by molar-refractivity contribution is -0.138. The number of pyridine rings is 1. The number of aryl methyl sites for hydroxylation is 1. The van der Waals surface area contributed by atoms with Crippen molar-refractivity contribution in [3.63, 3.8) is 0 Å². The van der Waals surface area contributed by atoms with Gasteiger partial charge in [-0.2, -0.15) is 13.2 Å². The van der Waals surface area contributed by atoms with Crippen molar-refractivity contribution in [2.75, 3.05) is 20.3 Å². The summed E-state index contributed by atoms with van der Waals surface area (Å²) in [5.41, 5.74) is 0.570. The smallest absolute Gasteiger partial charge is 0.417 e. The van der Waals surface area contributed by atoms with Crippen molar-refractivity contribution in [2.24, 2.45) is 0 Å². The first kappa shape index (κ1) is 27.6. The zero-order valence-electron chi connectivity index (χ0n) is 20.5. The van der Waals surface area contributed by atoms with Crippen molar-refractivity contribution in [3.05, 3.63) is 71.4 Å². The van der Waals surface area contributed by atoms with Crippen LogP contribution in [0.4, 0.5) is 13.2 Å². The van der Waals surface area contributed by atoms with Gasteiger partial charge in [-0.25, -0.2) is 4.98 Å². The number of aromatic nitrogens is 1. The lowest BCUT2D eigenvalue weighted by Crippen LogP contribution is -2.07. The van der Waals surface area contributed by atoms with Gasteiger partial charge in [0, 0.05) is 23.9 Å². The average Bonchev–Trinajstić information content (AvgIpc) is 2.86. The van der Waals surface area contributed by atoms with E-state index in [4.69, 9.17) is 24.1 Å². The van der Waals surface area contributed by atoms with Gasteiger partial charge in [-0.3, -0.25) is 4.79 Å². The van der Waals surface area contributed by atoms with Crippen molar-refractivity contribution in [1.82, 2.24) is 4.98 Å². The van der Waals surface area contributed by atoms with E-state index < -0.39 is 17.7 Å². The first-order valence-electron chi connectivity index (χ1n) is 11.7. The maximum Gasteiger partial charge on any atom is 0.417 e. The molecule has 0 aliphatic rings.